The van der Waals surface area contributed by atoms with E-state index >= 15 is 0 Å². The summed E-state index contributed by atoms with van der Waals surface area (Å²) in [5, 5.41) is 0.333. The molecular weight excluding hydrogens is 354 g/mol. The largest absolute Gasteiger partial charge is 0.476 e. The molecule has 0 spiro atoms. The number of hydrogen-bond donors (Lipinski definition) is 0. The van der Waals surface area contributed by atoms with Crippen molar-refractivity contribution < 1.29 is 38.1 Å². The minimum Gasteiger partial charge on any atom is -0.476 e. The Balaban J connectivity index is 3.16. The Morgan fingerprint density at radius 2 is 1.80 bits per heavy atom. The van der Waals surface area contributed by atoms with E-state index in [1.165, 1.54) is 39.6 Å². The number of nitrogens with zero attached hydrogens (tertiary/aromatic N) is 1. The van der Waals surface area contributed by atoms with Crippen LogP contribution in [0.2, 0.25) is 0 Å². The highest BCUT2D eigenvalue weighted by Gasteiger charge is 2.38. The highest BCUT2D eigenvalue weighted by molar-refractivity contribution is 8.13. The van der Waals surface area contributed by atoms with Gasteiger partial charge in [0.15, 0.2) is 12.2 Å². The maximum Gasteiger partial charge on any atom is 0.303 e. The number of thioether (sulfide) groups is 1. The van der Waals surface area contributed by atoms with Gasteiger partial charge >= 0.3 is 17.9 Å². The number of methoxy groups -OCH3 is 1. The van der Waals surface area contributed by atoms with E-state index in [0.29, 0.717) is 5.23 Å². The van der Waals surface area contributed by atoms with E-state index in [2.05, 4.69) is 4.99 Å². The van der Waals surface area contributed by atoms with Crippen molar-refractivity contribution in [2.45, 2.75) is 51.4 Å². The second-order valence-electron chi connectivity index (χ2n) is 5.20. The van der Waals surface area contributed by atoms with Gasteiger partial charge in [0.2, 0.25) is 5.23 Å². The first kappa shape index (κ1) is 21.2. The van der Waals surface area contributed by atoms with Crippen molar-refractivity contribution in [3.63, 3.8) is 0 Å². The van der Waals surface area contributed by atoms with Crippen LogP contribution in [0.5, 0.6) is 0 Å². The Bertz CT molecular complexity index is 524. The van der Waals surface area contributed by atoms with Crippen molar-refractivity contribution in [2.75, 3.05) is 20.3 Å². The van der Waals surface area contributed by atoms with Gasteiger partial charge in [0.1, 0.15) is 18.1 Å². The number of carbonyl (C=O) groups excluding carboxylic acids is 3. The summed E-state index contributed by atoms with van der Waals surface area (Å²) in [6.07, 6.45) is -2.76. The SMILES string of the molecule is COC1=NC[C@@H](OC(C)=O)[C@H](OC(C)=O)[C@@H](COC(C)=O)OC(C)S1. The van der Waals surface area contributed by atoms with Gasteiger partial charge in [-0.2, -0.15) is 0 Å². The van der Waals surface area contributed by atoms with Crippen molar-refractivity contribution in [3.8, 4) is 0 Å². The summed E-state index contributed by atoms with van der Waals surface area (Å²) >= 11 is 1.20. The summed E-state index contributed by atoms with van der Waals surface area (Å²) in [4.78, 5) is 38.4. The Morgan fingerprint density at radius 1 is 1.16 bits per heavy atom. The number of esters is 3. The molecule has 0 fully saturated rings. The van der Waals surface area contributed by atoms with Gasteiger partial charge in [-0.15, -0.1) is 0 Å². The second-order valence-corrected chi connectivity index (χ2v) is 6.44. The molecule has 0 bridgehead atoms. The number of hydrogen-bond acceptors (Lipinski definition) is 10. The summed E-state index contributed by atoms with van der Waals surface area (Å²) in [5.41, 5.74) is -0.437. The molecule has 1 rings (SSSR count). The van der Waals surface area contributed by atoms with E-state index in [9.17, 15) is 14.4 Å². The average Bonchev–Trinajstić information content (AvgIpc) is 2.55. The van der Waals surface area contributed by atoms with Crippen LogP contribution in [0.4, 0.5) is 0 Å². The third-order valence-corrected chi connectivity index (χ3v) is 3.95. The molecule has 1 aliphatic heterocycles. The van der Waals surface area contributed by atoms with Gasteiger partial charge < -0.3 is 23.7 Å². The van der Waals surface area contributed by atoms with Crippen LogP contribution in [-0.4, -0.2) is 67.1 Å². The molecule has 0 radical (unpaired) electrons. The van der Waals surface area contributed by atoms with Crippen LogP contribution in [-0.2, 0) is 38.1 Å². The molecule has 0 aromatic rings. The van der Waals surface area contributed by atoms with Crippen LogP contribution < -0.4 is 0 Å². The van der Waals surface area contributed by atoms with Gasteiger partial charge in [-0.05, 0) is 18.7 Å². The number of rotatable bonds is 4. The van der Waals surface area contributed by atoms with Crippen molar-refractivity contribution in [3.05, 3.63) is 0 Å². The first-order valence-electron chi connectivity index (χ1n) is 7.61. The molecule has 25 heavy (non-hydrogen) atoms. The van der Waals surface area contributed by atoms with Gasteiger partial charge in [-0.1, -0.05) is 0 Å². The normalized spacial score (nSPS) is 27.0. The number of aliphatic imine (C=N–C) groups is 1. The predicted octanol–water partition coefficient (Wildman–Crippen LogP) is 0.893. The van der Waals surface area contributed by atoms with Crippen LogP contribution in [0.1, 0.15) is 27.7 Å². The number of ether oxygens (including phenoxy) is 5. The topological polar surface area (TPSA) is 110 Å². The average molecular weight is 377 g/mol. The van der Waals surface area contributed by atoms with E-state index in [1.807, 2.05) is 0 Å². The molecule has 0 amide bonds. The van der Waals surface area contributed by atoms with Gasteiger partial charge in [-0.25, -0.2) is 4.99 Å². The Kier molecular flexibility index (Phi) is 8.70. The van der Waals surface area contributed by atoms with E-state index in [0.717, 1.165) is 0 Å². The first-order valence-corrected chi connectivity index (χ1v) is 8.49. The van der Waals surface area contributed by atoms with Crippen LogP contribution >= 0.6 is 11.8 Å². The molecule has 9 nitrogen and oxygen atoms in total. The molecule has 10 heteroatoms. The van der Waals surface area contributed by atoms with Gasteiger partial charge in [-0.3, -0.25) is 14.4 Å². The molecule has 0 aromatic heterocycles. The molecule has 4 atom stereocenters. The molecule has 1 unspecified atom stereocenters. The van der Waals surface area contributed by atoms with E-state index in [4.69, 9.17) is 23.7 Å². The van der Waals surface area contributed by atoms with Gasteiger partial charge in [0.05, 0.1) is 13.7 Å². The van der Waals surface area contributed by atoms with E-state index in [1.54, 1.807) is 6.92 Å². The predicted molar refractivity (Wildman–Crippen MR) is 89.0 cm³/mol. The highest BCUT2D eigenvalue weighted by Crippen LogP contribution is 2.24. The zero-order valence-corrected chi connectivity index (χ0v) is 15.7. The molecule has 142 valence electrons. The maximum atomic E-state index is 11.5. The standard InChI is InChI=1S/C15H23NO8S/c1-8(17)21-7-13-14(23-10(3)19)12(22-9(2)18)6-16-15(20-5)25-11(4)24-13/h11-14H,6-7H2,1-5H3/t11?,12-,13-,14+/m1/s1. The fourth-order valence-electron chi connectivity index (χ4n) is 2.15. The Morgan fingerprint density at radius 3 is 2.32 bits per heavy atom. The zero-order valence-electron chi connectivity index (χ0n) is 14.8. The van der Waals surface area contributed by atoms with Crippen molar-refractivity contribution in [1.29, 1.82) is 0 Å². The third-order valence-electron chi connectivity index (χ3n) is 3.01. The molecule has 0 N–H and O–H groups in total. The summed E-state index contributed by atoms with van der Waals surface area (Å²) < 4.78 is 26.6. The van der Waals surface area contributed by atoms with Crippen molar-refractivity contribution in [2.24, 2.45) is 4.99 Å². The molecule has 0 aliphatic carbocycles. The lowest BCUT2D eigenvalue weighted by Gasteiger charge is -2.31. The molecule has 1 aliphatic rings. The van der Waals surface area contributed by atoms with E-state index in [-0.39, 0.29) is 13.2 Å². The van der Waals surface area contributed by atoms with Crippen molar-refractivity contribution in [1.82, 2.24) is 0 Å². The highest BCUT2D eigenvalue weighted by atomic mass is 32.2. The minimum absolute atomic E-state index is 0.000349. The van der Waals surface area contributed by atoms with Crippen LogP contribution in [0.25, 0.3) is 0 Å². The van der Waals surface area contributed by atoms with Gasteiger partial charge in [0, 0.05) is 20.8 Å². The lowest BCUT2D eigenvalue weighted by molar-refractivity contribution is -0.184. The Hall–Kier alpha value is -1.81. The number of carbonyl (C=O) groups is 3. The summed E-state index contributed by atoms with van der Waals surface area (Å²) in [7, 11) is 1.46. The molecule has 0 saturated heterocycles. The maximum absolute atomic E-state index is 11.5. The fourth-order valence-corrected chi connectivity index (χ4v) is 2.87. The second kappa shape index (κ2) is 10.2. The molecule has 0 aromatic carbocycles. The lowest BCUT2D eigenvalue weighted by atomic mass is 10.1. The molecule has 1 heterocycles. The summed E-state index contributed by atoms with van der Waals surface area (Å²) in [6, 6.07) is 0. The molecule has 0 saturated carbocycles. The third kappa shape index (κ3) is 7.74. The van der Waals surface area contributed by atoms with Crippen LogP contribution in [0, 0.1) is 0 Å². The minimum atomic E-state index is -0.997. The van der Waals surface area contributed by atoms with Crippen LogP contribution in [0.15, 0.2) is 4.99 Å². The summed E-state index contributed by atoms with van der Waals surface area (Å²) in [5.74, 6) is -1.67. The molecular formula is C15H23NO8S. The zero-order chi connectivity index (χ0) is 19.0. The quantitative estimate of drug-likeness (QED) is 0.521. The lowest BCUT2D eigenvalue weighted by Crippen LogP contribution is -2.48. The fraction of sp³-hybridized carbons (Fsp3) is 0.733. The first-order chi connectivity index (χ1) is 11.7. The summed E-state index contributed by atoms with van der Waals surface area (Å²) in [6.45, 7) is 5.29. The van der Waals surface area contributed by atoms with E-state index < -0.39 is 41.7 Å². The monoisotopic (exact) mass is 377 g/mol. The smallest absolute Gasteiger partial charge is 0.303 e. The van der Waals surface area contributed by atoms with Gasteiger partial charge in [0.25, 0.3) is 0 Å². The van der Waals surface area contributed by atoms with Crippen molar-refractivity contribution >= 4 is 34.9 Å². The van der Waals surface area contributed by atoms with Crippen LogP contribution in [0.3, 0.4) is 0 Å². The Labute approximate surface area is 150 Å².